The van der Waals surface area contributed by atoms with Gasteiger partial charge >= 0.3 is 0 Å². The van der Waals surface area contributed by atoms with E-state index in [9.17, 15) is 8.42 Å². The van der Waals surface area contributed by atoms with Crippen molar-refractivity contribution in [2.45, 2.75) is 71.9 Å². The number of rotatable bonds is 8. The first-order valence-corrected chi connectivity index (χ1v) is 9.70. The summed E-state index contributed by atoms with van der Waals surface area (Å²) < 4.78 is 27.2. The van der Waals surface area contributed by atoms with Gasteiger partial charge in [-0.15, -0.1) is 0 Å². The van der Waals surface area contributed by atoms with E-state index in [1.807, 2.05) is 0 Å². The third-order valence-corrected chi connectivity index (χ3v) is 5.92. The van der Waals surface area contributed by atoms with Crippen LogP contribution < -0.4 is 10.0 Å². The molecule has 0 spiro atoms. The summed E-state index contributed by atoms with van der Waals surface area (Å²) in [5.41, 5.74) is 0. The van der Waals surface area contributed by atoms with Crippen molar-refractivity contribution >= 4 is 10.0 Å². The Morgan fingerprint density at radius 1 is 1.15 bits per heavy atom. The van der Waals surface area contributed by atoms with Crippen molar-refractivity contribution in [3.05, 3.63) is 0 Å². The van der Waals surface area contributed by atoms with E-state index in [0.29, 0.717) is 17.9 Å². The smallest absolute Gasteiger partial charge is 0.211 e. The van der Waals surface area contributed by atoms with Gasteiger partial charge in [0, 0.05) is 12.1 Å². The first-order valence-electron chi connectivity index (χ1n) is 8.05. The molecule has 1 saturated carbocycles. The summed E-state index contributed by atoms with van der Waals surface area (Å²) in [6, 6.07) is 0.604. The molecule has 0 amide bonds. The van der Waals surface area contributed by atoms with E-state index >= 15 is 0 Å². The molecule has 3 atom stereocenters. The van der Waals surface area contributed by atoms with Gasteiger partial charge in [-0.2, -0.15) is 0 Å². The van der Waals surface area contributed by atoms with Crippen molar-refractivity contribution in [1.29, 1.82) is 0 Å². The lowest BCUT2D eigenvalue weighted by molar-refractivity contribution is 0.227. The zero-order valence-corrected chi connectivity index (χ0v) is 14.3. The van der Waals surface area contributed by atoms with E-state index in [0.717, 1.165) is 32.2 Å². The Morgan fingerprint density at radius 2 is 1.85 bits per heavy atom. The van der Waals surface area contributed by atoms with Gasteiger partial charge in [0.1, 0.15) is 0 Å². The van der Waals surface area contributed by atoms with Crippen LogP contribution in [-0.2, 0) is 10.0 Å². The standard InChI is InChI=1S/C15H32N2O2S/c1-12(2)16-10-5-6-11-20(18,19)17-15-9-7-8-13(3)14(15)4/h12-17H,5-11H2,1-4H3. The van der Waals surface area contributed by atoms with Crippen molar-refractivity contribution < 1.29 is 8.42 Å². The first kappa shape index (κ1) is 17.9. The Bertz CT molecular complexity index is 368. The van der Waals surface area contributed by atoms with Crippen LogP contribution in [0.5, 0.6) is 0 Å². The van der Waals surface area contributed by atoms with Gasteiger partial charge in [0.2, 0.25) is 10.0 Å². The lowest BCUT2D eigenvalue weighted by Gasteiger charge is -2.34. The molecule has 0 heterocycles. The Morgan fingerprint density at radius 3 is 2.50 bits per heavy atom. The van der Waals surface area contributed by atoms with Crippen molar-refractivity contribution in [2.24, 2.45) is 11.8 Å². The number of hydrogen-bond acceptors (Lipinski definition) is 3. The van der Waals surface area contributed by atoms with E-state index < -0.39 is 10.0 Å². The first-order chi connectivity index (χ1) is 9.32. The fourth-order valence-corrected chi connectivity index (χ4v) is 4.34. The molecule has 1 rings (SSSR count). The van der Waals surface area contributed by atoms with Gasteiger partial charge < -0.3 is 5.32 Å². The molecule has 0 radical (unpaired) electrons. The second-order valence-corrected chi connectivity index (χ2v) is 8.50. The lowest BCUT2D eigenvalue weighted by Crippen LogP contribution is -2.44. The topological polar surface area (TPSA) is 58.2 Å². The third-order valence-electron chi connectivity index (χ3n) is 4.43. The molecule has 120 valence electrons. The molecule has 4 nitrogen and oxygen atoms in total. The predicted octanol–water partition coefficient (Wildman–Crippen LogP) is 2.51. The maximum atomic E-state index is 12.1. The fraction of sp³-hybridized carbons (Fsp3) is 1.00. The fourth-order valence-electron chi connectivity index (χ4n) is 2.85. The van der Waals surface area contributed by atoms with E-state index in [2.05, 4.69) is 37.7 Å². The number of nitrogens with one attached hydrogen (secondary N) is 2. The molecule has 5 heteroatoms. The zero-order valence-electron chi connectivity index (χ0n) is 13.5. The summed E-state index contributed by atoms with van der Waals surface area (Å²) in [6.07, 6.45) is 4.98. The van der Waals surface area contributed by atoms with Gasteiger partial charge in [-0.1, -0.05) is 40.5 Å². The molecule has 0 aromatic rings. The number of hydrogen-bond donors (Lipinski definition) is 2. The summed E-state index contributed by atoms with van der Waals surface area (Å²) in [5, 5.41) is 3.31. The minimum atomic E-state index is -3.12. The molecular weight excluding hydrogens is 272 g/mol. The van der Waals surface area contributed by atoms with Gasteiger partial charge in [-0.25, -0.2) is 13.1 Å². The van der Waals surface area contributed by atoms with Crippen molar-refractivity contribution in [2.75, 3.05) is 12.3 Å². The SMILES string of the molecule is CC(C)NCCCCS(=O)(=O)NC1CCCC(C)C1C. The minimum Gasteiger partial charge on any atom is -0.315 e. The number of unbranched alkanes of at least 4 members (excludes halogenated alkanes) is 1. The highest BCUT2D eigenvalue weighted by molar-refractivity contribution is 7.89. The van der Waals surface area contributed by atoms with Crippen LogP contribution in [-0.4, -0.2) is 32.8 Å². The van der Waals surface area contributed by atoms with Crippen LogP contribution in [0.4, 0.5) is 0 Å². The van der Waals surface area contributed by atoms with Crippen LogP contribution >= 0.6 is 0 Å². The minimum absolute atomic E-state index is 0.137. The Kier molecular flexibility index (Phi) is 7.48. The quantitative estimate of drug-likeness (QED) is 0.677. The zero-order chi connectivity index (χ0) is 15.2. The molecule has 0 aliphatic heterocycles. The van der Waals surface area contributed by atoms with Gasteiger partial charge in [0.15, 0.2) is 0 Å². The second-order valence-electron chi connectivity index (χ2n) is 6.63. The predicted molar refractivity (Wildman–Crippen MR) is 85.3 cm³/mol. The molecule has 2 N–H and O–H groups in total. The monoisotopic (exact) mass is 304 g/mol. The summed E-state index contributed by atoms with van der Waals surface area (Å²) in [7, 11) is -3.12. The molecule has 0 aromatic carbocycles. The molecule has 1 aliphatic rings. The van der Waals surface area contributed by atoms with Crippen LogP contribution in [0, 0.1) is 11.8 Å². The maximum absolute atomic E-state index is 12.1. The molecule has 3 unspecified atom stereocenters. The molecule has 20 heavy (non-hydrogen) atoms. The van der Waals surface area contributed by atoms with E-state index in [1.54, 1.807) is 0 Å². The van der Waals surface area contributed by atoms with Gasteiger partial charge in [0.05, 0.1) is 5.75 Å². The average molecular weight is 304 g/mol. The lowest BCUT2D eigenvalue weighted by atomic mass is 9.78. The highest BCUT2D eigenvalue weighted by atomic mass is 32.2. The molecule has 1 fully saturated rings. The van der Waals surface area contributed by atoms with Gasteiger partial charge in [0.25, 0.3) is 0 Å². The van der Waals surface area contributed by atoms with E-state index in [1.165, 1.54) is 6.42 Å². The molecular formula is C15H32N2O2S. The van der Waals surface area contributed by atoms with Crippen LogP contribution in [0.1, 0.15) is 59.8 Å². The summed E-state index contributed by atoms with van der Waals surface area (Å²) in [5.74, 6) is 1.32. The third kappa shape index (κ3) is 6.55. The maximum Gasteiger partial charge on any atom is 0.211 e. The summed E-state index contributed by atoms with van der Waals surface area (Å²) in [4.78, 5) is 0. The molecule has 0 saturated heterocycles. The largest absolute Gasteiger partial charge is 0.315 e. The molecule has 0 bridgehead atoms. The van der Waals surface area contributed by atoms with Gasteiger partial charge in [-0.3, -0.25) is 0 Å². The van der Waals surface area contributed by atoms with Crippen LogP contribution in [0.3, 0.4) is 0 Å². The Hall–Kier alpha value is -0.130. The van der Waals surface area contributed by atoms with Crippen LogP contribution in [0.25, 0.3) is 0 Å². The van der Waals surface area contributed by atoms with Crippen LogP contribution in [0.2, 0.25) is 0 Å². The van der Waals surface area contributed by atoms with Crippen LogP contribution in [0.15, 0.2) is 0 Å². The normalized spacial score (nSPS) is 27.9. The highest BCUT2D eigenvalue weighted by Crippen LogP contribution is 2.29. The van der Waals surface area contributed by atoms with Crippen molar-refractivity contribution in [1.82, 2.24) is 10.0 Å². The molecule has 1 aliphatic carbocycles. The van der Waals surface area contributed by atoms with Crippen molar-refractivity contribution in [3.63, 3.8) is 0 Å². The molecule has 0 aromatic heterocycles. The van der Waals surface area contributed by atoms with Gasteiger partial charge in [-0.05, 0) is 37.6 Å². The van der Waals surface area contributed by atoms with E-state index in [4.69, 9.17) is 0 Å². The Labute approximate surface area is 125 Å². The second kappa shape index (κ2) is 8.35. The highest BCUT2D eigenvalue weighted by Gasteiger charge is 2.29. The number of sulfonamides is 1. The summed E-state index contributed by atoms with van der Waals surface area (Å²) >= 11 is 0. The average Bonchev–Trinajstić information content (AvgIpc) is 2.34. The Balaban J connectivity index is 2.30. The van der Waals surface area contributed by atoms with E-state index in [-0.39, 0.29) is 11.8 Å². The van der Waals surface area contributed by atoms with Crippen molar-refractivity contribution in [3.8, 4) is 0 Å². The summed E-state index contributed by atoms with van der Waals surface area (Å²) in [6.45, 7) is 9.49.